The summed E-state index contributed by atoms with van der Waals surface area (Å²) in [5, 5.41) is 4.58. The van der Waals surface area contributed by atoms with Gasteiger partial charge in [-0.2, -0.15) is 0 Å². The maximum absolute atomic E-state index is 11.5. The van der Waals surface area contributed by atoms with Crippen molar-refractivity contribution < 1.29 is 9.53 Å². The highest BCUT2D eigenvalue weighted by molar-refractivity contribution is 8.13. The van der Waals surface area contributed by atoms with Crippen molar-refractivity contribution in [3.8, 4) is 0 Å². The van der Waals surface area contributed by atoms with Gasteiger partial charge in [-0.05, 0) is 30.5 Å². The second-order valence-corrected chi connectivity index (χ2v) is 6.48. The summed E-state index contributed by atoms with van der Waals surface area (Å²) in [5.41, 5.74) is 1.72. The van der Waals surface area contributed by atoms with Gasteiger partial charge in [-0.25, -0.2) is 4.79 Å². The van der Waals surface area contributed by atoms with Gasteiger partial charge in [0.05, 0.1) is 24.8 Å². The normalized spacial score (nSPS) is 24.0. The maximum Gasteiger partial charge on any atom is 0.337 e. The van der Waals surface area contributed by atoms with Gasteiger partial charge in [0.25, 0.3) is 0 Å². The van der Waals surface area contributed by atoms with Crippen LogP contribution in [0.1, 0.15) is 41.6 Å². The molecule has 21 heavy (non-hydrogen) atoms. The highest BCUT2D eigenvalue weighted by Crippen LogP contribution is 2.28. The number of hydrogen-bond donors (Lipinski definition) is 1. The summed E-state index contributed by atoms with van der Waals surface area (Å²) in [6.07, 6.45) is 5.05. The average molecular weight is 304 g/mol. The molecule has 1 aromatic rings. The monoisotopic (exact) mass is 304 g/mol. The zero-order valence-corrected chi connectivity index (χ0v) is 13.0. The summed E-state index contributed by atoms with van der Waals surface area (Å²) in [4.78, 5) is 16.3. The zero-order chi connectivity index (χ0) is 14.7. The van der Waals surface area contributed by atoms with E-state index < -0.39 is 0 Å². The number of benzene rings is 1. The number of amidine groups is 1. The van der Waals surface area contributed by atoms with Crippen molar-refractivity contribution in [1.29, 1.82) is 0 Å². The van der Waals surface area contributed by atoms with Crippen molar-refractivity contribution >= 4 is 22.9 Å². The third kappa shape index (κ3) is 3.40. The lowest BCUT2D eigenvalue weighted by atomic mass is 9.92. The number of thioether (sulfide) groups is 1. The summed E-state index contributed by atoms with van der Waals surface area (Å²) < 4.78 is 4.75. The van der Waals surface area contributed by atoms with Gasteiger partial charge in [-0.1, -0.05) is 36.7 Å². The number of nitrogens with one attached hydrogen (secondary N) is 1. The van der Waals surface area contributed by atoms with Gasteiger partial charge < -0.3 is 10.1 Å². The fraction of sp³-hybridized carbons (Fsp3) is 0.500. The van der Waals surface area contributed by atoms with Crippen molar-refractivity contribution in [3.05, 3.63) is 35.4 Å². The van der Waals surface area contributed by atoms with E-state index in [4.69, 9.17) is 9.73 Å². The third-order valence-electron chi connectivity index (χ3n) is 4.05. The van der Waals surface area contributed by atoms with Gasteiger partial charge in [0.2, 0.25) is 0 Å². The number of ether oxygens (including phenoxy) is 1. The number of methoxy groups -OCH3 is 1. The van der Waals surface area contributed by atoms with Crippen molar-refractivity contribution in [3.63, 3.8) is 0 Å². The highest BCUT2D eigenvalue weighted by atomic mass is 32.2. The molecule has 3 rings (SSSR count). The molecule has 0 aromatic heterocycles. The summed E-state index contributed by atoms with van der Waals surface area (Å²) in [7, 11) is 1.41. The van der Waals surface area contributed by atoms with Crippen molar-refractivity contribution in [2.24, 2.45) is 4.99 Å². The van der Waals surface area contributed by atoms with E-state index in [0.717, 1.165) is 16.5 Å². The van der Waals surface area contributed by atoms with Crippen molar-refractivity contribution in [2.75, 3.05) is 7.11 Å². The topological polar surface area (TPSA) is 50.7 Å². The van der Waals surface area contributed by atoms with Gasteiger partial charge in [0, 0.05) is 5.75 Å². The lowest BCUT2D eigenvalue weighted by Crippen LogP contribution is -2.36. The standard InChI is InChI=1S/C16H20N2O2S/c1-20-15(19)12-6-4-5-11(9-12)10-21-16-17-13-7-2-3-8-14(13)18-16/h4-6,9,13-14H,2-3,7-8,10H2,1H3,(H,17,18)/t13-,14+. The number of carbonyl (C=O) groups is 1. The molecule has 2 atom stereocenters. The van der Waals surface area contributed by atoms with E-state index in [1.54, 1.807) is 17.8 Å². The van der Waals surface area contributed by atoms with Crippen LogP contribution in [0, 0.1) is 0 Å². The molecule has 5 heteroatoms. The molecular formula is C16H20N2O2S. The molecule has 112 valence electrons. The zero-order valence-electron chi connectivity index (χ0n) is 12.2. The molecule has 1 heterocycles. The molecule has 0 bridgehead atoms. The molecule has 0 radical (unpaired) electrons. The summed E-state index contributed by atoms with van der Waals surface area (Å²) in [6.45, 7) is 0. The minimum absolute atomic E-state index is 0.288. The van der Waals surface area contributed by atoms with Crippen LogP contribution in [0.5, 0.6) is 0 Å². The second-order valence-electron chi connectivity index (χ2n) is 5.52. The molecule has 0 saturated heterocycles. The largest absolute Gasteiger partial charge is 0.465 e. The molecule has 1 aliphatic heterocycles. The van der Waals surface area contributed by atoms with Gasteiger partial charge >= 0.3 is 5.97 Å². The Balaban J connectivity index is 1.59. The molecule has 0 spiro atoms. The number of nitrogens with zero attached hydrogens (tertiary/aromatic N) is 1. The van der Waals surface area contributed by atoms with E-state index in [9.17, 15) is 4.79 Å². The molecular weight excluding hydrogens is 284 g/mol. The van der Waals surface area contributed by atoms with Crippen LogP contribution in [-0.2, 0) is 10.5 Å². The Morgan fingerprint density at radius 3 is 3.10 bits per heavy atom. The van der Waals surface area contributed by atoms with Crippen LogP contribution in [0.2, 0.25) is 0 Å². The Morgan fingerprint density at radius 2 is 2.29 bits per heavy atom. The fourth-order valence-electron chi connectivity index (χ4n) is 2.92. The van der Waals surface area contributed by atoms with Gasteiger partial charge in [-0.15, -0.1) is 0 Å². The molecule has 1 aliphatic carbocycles. The number of carbonyl (C=O) groups excluding carboxylic acids is 1. The van der Waals surface area contributed by atoms with E-state index in [1.807, 2.05) is 18.2 Å². The van der Waals surface area contributed by atoms with E-state index in [1.165, 1.54) is 32.8 Å². The first-order chi connectivity index (χ1) is 10.3. The minimum Gasteiger partial charge on any atom is -0.465 e. The first kappa shape index (κ1) is 14.4. The first-order valence-corrected chi connectivity index (χ1v) is 8.39. The molecule has 0 amide bonds. The SMILES string of the molecule is COC(=O)c1cccc(CSC2=N[C@H]3CCCC[C@H]3N2)c1. The molecule has 1 fully saturated rings. The number of fused-ring (bicyclic) bond motifs is 1. The quantitative estimate of drug-likeness (QED) is 0.872. The predicted molar refractivity (Wildman–Crippen MR) is 85.7 cm³/mol. The fourth-order valence-corrected chi connectivity index (χ4v) is 3.84. The summed E-state index contributed by atoms with van der Waals surface area (Å²) >= 11 is 1.72. The Kier molecular flexibility index (Phi) is 4.48. The van der Waals surface area contributed by atoms with Crippen LogP contribution in [0.25, 0.3) is 0 Å². The van der Waals surface area contributed by atoms with Crippen LogP contribution in [0.15, 0.2) is 29.3 Å². The summed E-state index contributed by atoms with van der Waals surface area (Å²) in [5.74, 6) is 0.528. The lowest BCUT2D eigenvalue weighted by molar-refractivity contribution is 0.0600. The maximum atomic E-state index is 11.5. The summed E-state index contributed by atoms with van der Waals surface area (Å²) in [6, 6.07) is 8.61. The first-order valence-electron chi connectivity index (χ1n) is 7.40. The number of rotatable bonds is 3. The van der Waals surface area contributed by atoms with E-state index in [2.05, 4.69) is 5.32 Å². The number of aliphatic imine (C=N–C) groups is 1. The molecule has 1 aromatic carbocycles. The number of esters is 1. The molecule has 2 aliphatic rings. The van der Waals surface area contributed by atoms with Crippen LogP contribution in [0.3, 0.4) is 0 Å². The minimum atomic E-state index is -0.288. The third-order valence-corrected chi connectivity index (χ3v) is 5.02. The lowest BCUT2D eigenvalue weighted by Gasteiger charge is -2.23. The van der Waals surface area contributed by atoms with Crippen molar-refractivity contribution in [1.82, 2.24) is 5.32 Å². The Morgan fingerprint density at radius 1 is 1.43 bits per heavy atom. The van der Waals surface area contributed by atoms with Crippen LogP contribution >= 0.6 is 11.8 Å². The number of hydrogen-bond acceptors (Lipinski definition) is 5. The van der Waals surface area contributed by atoms with E-state index >= 15 is 0 Å². The van der Waals surface area contributed by atoms with Crippen LogP contribution in [-0.4, -0.2) is 30.3 Å². The highest BCUT2D eigenvalue weighted by Gasteiger charge is 2.30. The molecule has 1 N–H and O–H groups in total. The smallest absolute Gasteiger partial charge is 0.337 e. The van der Waals surface area contributed by atoms with Crippen LogP contribution in [0.4, 0.5) is 0 Å². The Hall–Kier alpha value is -1.49. The van der Waals surface area contributed by atoms with E-state index in [-0.39, 0.29) is 5.97 Å². The molecule has 4 nitrogen and oxygen atoms in total. The molecule has 1 saturated carbocycles. The molecule has 0 unspecified atom stereocenters. The Labute approximate surface area is 129 Å². The van der Waals surface area contributed by atoms with Crippen molar-refractivity contribution in [2.45, 2.75) is 43.5 Å². The predicted octanol–water partition coefficient (Wildman–Crippen LogP) is 2.98. The van der Waals surface area contributed by atoms with Gasteiger partial charge in [0.15, 0.2) is 5.17 Å². The Bertz CT molecular complexity index is 559. The van der Waals surface area contributed by atoms with Crippen LogP contribution < -0.4 is 5.32 Å². The van der Waals surface area contributed by atoms with Gasteiger partial charge in [0.1, 0.15) is 0 Å². The second kappa shape index (κ2) is 6.52. The average Bonchev–Trinajstić information content (AvgIpc) is 2.95. The van der Waals surface area contributed by atoms with E-state index in [0.29, 0.717) is 17.6 Å². The van der Waals surface area contributed by atoms with Gasteiger partial charge in [-0.3, -0.25) is 4.99 Å².